The van der Waals surface area contributed by atoms with Gasteiger partial charge in [0.05, 0.1) is 0 Å². The van der Waals surface area contributed by atoms with Gasteiger partial charge in [0.2, 0.25) is 0 Å². The first-order valence-electron chi connectivity index (χ1n) is 40.7. The Morgan fingerprint density at radius 2 is 0.509 bits per heavy atom. The van der Waals surface area contributed by atoms with E-state index in [0.29, 0.717) is 0 Å². The first kappa shape index (κ1) is 74.3. The SMILES string of the molecule is CN1c2cc3ccccc3cc2[Si](C)(C)c2ccc3ccccc3c21.CN1c2ccccc2[Si](C)(C)c2c1ccc1ccccc21.CN1c2ccccc2[Si](C)(C)c2cc3c(cc21)C(C)(C)c1ccccc1-3.CN1c2ccccc2[Si](C)(C)c2cc3ccccc3cc21.CN1c2ccccc2[Si](C)(C)c2ccc3ccccc3c21. The number of hydrogen-bond donors (Lipinski definition) is 0. The molecule has 16 aromatic rings. The fourth-order valence-corrected chi connectivity index (χ4v) is 36.3. The van der Waals surface area contributed by atoms with Crippen molar-refractivity contribution in [1.29, 1.82) is 0 Å². The average molecular weight is 1560 g/mol. The summed E-state index contributed by atoms with van der Waals surface area (Å²) >= 11 is 0. The second-order valence-electron chi connectivity index (χ2n) is 35.6. The van der Waals surface area contributed by atoms with Crippen LogP contribution in [0.5, 0.6) is 0 Å². The lowest BCUT2D eigenvalue weighted by Gasteiger charge is -2.40. The van der Waals surface area contributed by atoms with Crippen molar-refractivity contribution in [1.82, 2.24) is 0 Å². The second kappa shape index (κ2) is 27.6. The molecule has 1 aliphatic carbocycles. The molecule has 22 rings (SSSR count). The summed E-state index contributed by atoms with van der Waals surface area (Å²) in [7, 11) is 2.61. The van der Waals surface area contributed by atoms with Crippen LogP contribution in [-0.4, -0.2) is 75.6 Å². The zero-order valence-corrected chi connectivity index (χ0v) is 74.3. The third-order valence-corrected chi connectivity index (χ3v) is 44.6. The Kier molecular flexibility index (Phi) is 18.0. The molecule has 564 valence electrons. The van der Waals surface area contributed by atoms with Crippen molar-refractivity contribution in [2.75, 3.05) is 59.7 Å². The summed E-state index contributed by atoms with van der Waals surface area (Å²) in [5, 5.41) is 29.0. The maximum atomic E-state index is 2.52. The molecule has 0 bridgehead atoms. The highest BCUT2D eigenvalue weighted by Gasteiger charge is 2.45. The number of fused-ring (bicyclic) bond motifs is 21. The smallest absolute Gasteiger partial charge is 0.118 e. The molecule has 0 saturated heterocycles. The fraction of sp³-hybridized carbons (Fsp3) is 0.173. The van der Waals surface area contributed by atoms with Crippen molar-refractivity contribution in [3.8, 4) is 11.1 Å². The third-order valence-electron chi connectivity index (χ3n) is 27.0. The monoisotopic (exact) mass is 1560 g/mol. The van der Waals surface area contributed by atoms with Gasteiger partial charge in [-0.3, -0.25) is 0 Å². The van der Waals surface area contributed by atoms with Crippen LogP contribution in [0.2, 0.25) is 65.5 Å². The van der Waals surface area contributed by atoms with Gasteiger partial charge in [-0.2, -0.15) is 0 Å². The highest BCUT2D eigenvalue weighted by molar-refractivity contribution is 7.05. The Labute approximate surface area is 680 Å². The predicted molar refractivity (Wildman–Crippen MR) is 514 cm³/mol. The van der Waals surface area contributed by atoms with E-state index in [4.69, 9.17) is 0 Å². The molecule has 16 aromatic carbocycles. The van der Waals surface area contributed by atoms with Crippen LogP contribution >= 0.6 is 0 Å². The Morgan fingerprint density at radius 3 is 0.982 bits per heavy atom. The largest absolute Gasteiger partial charge is 0.345 e. The molecule has 5 heterocycles. The van der Waals surface area contributed by atoms with Crippen molar-refractivity contribution in [3.63, 3.8) is 0 Å². The second-order valence-corrected chi connectivity index (χ2v) is 57.2. The minimum Gasteiger partial charge on any atom is -0.345 e. The summed E-state index contributed by atoms with van der Waals surface area (Å²) < 4.78 is 0. The molecule has 0 N–H and O–H groups in total. The van der Waals surface area contributed by atoms with Crippen molar-refractivity contribution in [2.45, 2.75) is 84.7 Å². The van der Waals surface area contributed by atoms with Crippen molar-refractivity contribution in [2.24, 2.45) is 0 Å². The summed E-state index contributed by atoms with van der Waals surface area (Å²) in [6.45, 7) is 29.5. The van der Waals surface area contributed by atoms with E-state index in [2.05, 4.69) is 455 Å². The number of rotatable bonds is 0. The molecule has 0 saturated carbocycles. The van der Waals surface area contributed by atoms with Crippen LogP contribution in [0.4, 0.5) is 56.9 Å². The van der Waals surface area contributed by atoms with E-state index in [0.717, 1.165) is 0 Å². The van der Waals surface area contributed by atoms with E-state index in [1.165, 1.54) is 159 Å². The van der Waals surface area contributed by atoms with Gasteiger partial charge in [-0.25, -0.2) is 0 Å². The molecule has 0 fully saturated rings. The molecule has 0 amide bonds. The lowest BCUT2D eigenvalue weighted by atomic mass is 9.82. The number of hydrogen-bond acceptors (Lipinski definition) is 5. The highest BCUT2D eigenvalue weighted by Crippen LogP contribution is 2.51. The van der Waals surface area contributed by atoms with E-state index < -0.39 is 40.4 Å². The first-order chi connectivity index (χ1) is 54.7. The van der Waals surface area contributed by atoms with Gasteiger partial charge in [0.1, 0.15) is 40.4 Å². The topological polar surface area (TPSA) is 16.2 Å². The van der Waals surface area contributed by atoms with Gasteiger partial charge in [0.15, 0.2) is 0 Å². The Balaban J connectivity index is 0.0000000993. The van der Waals surface area contributed by atoms with E-state index in [1.54, 1.807) is 25.9 Å². The van der Waals surface area contributed by atoms with E-state index in [-0.39, 0.29) is 5.41 Å². The minimum absolute atomic E-state index is 0.0600. The van der Waals surface area contributed by atoms with Crippen molar-refractivity contribution < 1.29 is 0 Å². The molecule has 0 aromatic heterocycles. The molecular formula is C104H103N5Si5. The van der Waals surface area contributed by atoms with E-state index >= 15 is 0 Å². The standard InChI is InChI=1S/C24H25NSi.C23H21NSi.3C19H19NSi/c1-24(2)18-11-7-6-10-16(18)17-14-23-21(15-19(17)24)25(3)20-12-8-9-13-22(20)26(23,4)5;1-24-20-14-17-9-4-5-10-18(17)15-22(20)25(2,3)21-13-12-16-8-6-7-11-19(16)23(21)24;1-20-16-10-6-7-11-18(16)21(2,3)19-13-15-9-5-4-8-14(15)12-17(19)20;1-20-16-10-6-7-11-18(16)21(2,3)19-15-9-5-4-8-14(15)12-13-17(19)20;1-20-16-10-6-7-11-17(16)21(2,3)18-13-12-14-8-4-5-9-15(14)19(18)20/h6-15H,1-5H3;4-15H,1-3H3;3*4-13H,1-3H3. The number of para-hydroxylation sites is 4. The number of anilines is 10. The summed E-state index contributed by atoms with van der Waals surface area (Å²) in [5.41, 5.74) is 19.7. The molecule has 0 atom stereocenters. The highest BCUT2D eigenvalue weighted by atomic mass is 28.3. The quantitative estimate of drug-likeness (QED) is 0.140. The molecule has 0 unspecified atom stereocenters. The van der Waals surface area contributed by atoms with Crippen LogP contribution in [0.1, 0.15) is 25.0 Å². The third kappa shape index (κ3) is 11.7. The van der Waals surface area contributed by atoms with Gasteiger partial charge < -0.3 is 24.5 Å². The van der Waals surface area contributed by atoms with Crippen LogP contribution in [-0.2, 0) is 5.41 Å². The van der Waals surface area contributed by atoms with Gasteiger partial charge in [-0.05, 0) is 166 Å². The lowest BCUT2D eigenvalue weighted by molar-refractivity contribution is 0.660. The molecule has 6 aliphatic rings. The van der Waals surface area contributed by atoms with Gasteiger partial charge in [0, 0.05) is 108 Å². The number of nitrogens with zero attached hydrogens (tertiary/aromatic N) is 5. The molecule has 0 spiro atoms. The van der Waals surface area contributed by atoms with Gasteiger partial charge >= 0.3 is 0 Å². The maximum Gasteiger partial charge on any atom is 0.118 e. The van der Waals surface area contributed by atoms with Crippen LogP contribution in [0, 0.1) is 0 Å². The molecule has 5 nitrogen and oxygen atoms in total. The van der Waals surface area contributed by atoms with Crippen LogP contribution in [0.3, 0.4) is 0 Å². The molecule has 0 radical (unpaired) electrons. The summed E-state index contributed by atoms with van der Waals surface area (Å²) in [6, 6.07) is 117. The summed E-state index contributed by atoms with van der Waals surface area (Å²) in [6.07, 6.45) is 0. The normalized spacial score (nSPS) is 16.1. The van der Waals surface area contributed by atoms with Crippen LogP contribution < -0.4 is 76.4 Å². The Bertz CT molecular complexity index is 6540. The Morgan fingerprint density at radius 1 is 0.202 bits per heavy atom. The van der Waals surface area contributed by atoms with E-state index in [1.807, 2.05) is 0 Å². The van der Waals surface area contributed by atoms with Gasteiger partial charge in [-0.1, -0.05) is 346 Å². The fourth-order valence-electron chi connectivity index (χ4n) is 20.5. The number of benzene rings is 16. The molecule has 5 aliphatic heterocycles. The molecular weight excluding hydrogens is 1460 g/mol. The van der Waals surface area contributed by atoms with Gasteiger partial charge in [0.25, 0.3) is 0 Å². The van der Waals surface area contributed by atoms with Crippen molar-refractivity contribution in [3.05, 3.63) is 327 Å². The predicted octanol–water partition coefficient (Wildman–Crippen LogP) is 21.0. The molecule has 10 heteroatoms. The van der Waals surface area contributed by atoms with Crippen LogP contribution in [0.15, 0.2) is 315 Å². The van der Waals surface area contributed by atoms with Crippen molar-refractivity contribution >= 4 is 203 Å². The van der Waals surface area contributed by atoms with Crippen LogP contribution in [0.25, 0.3) is 65.0 Å². The van der Waals surface area contributed by atoms with E-state index in [9.17, 15) is 0 Å². The summed E-state index contributed by atoms with van der Waals surface area (Å²) in [4.78, 5) is 11.9. The summed E-state index contributed by atoms with van der Waals surface area (Å²) in [5.74, 6) is 0. The maximum absolute atomic E-state index is 2.52. The average Bonchev–Trinajstić information content (AvgIpc) is 1.58. The minimum atomic E-state index is -1.75. The van der Waals surface area contributed by atoms with Gasteiger partial charge in [-0.15, -0.1) is 0 Å². The lowest BCUT2D eigenvalue weighted by Crippen LogP contribution is -2.58. The Hall–Kier alpha value is -11.1. The zero-order chi connectivity index (χ0) is 79.3. The zero-order valence-electron chi connectivity index (χ0n) is 69.3. The first-order valence-corrected chi connectivity index (χ1v) is 55.7. The molecule has 114 heavy (non-hydrogen) atoms.